The number of aromatic nitrogens is 1. The van der Waals surface area contributed by atoms with Crippen LogP contribution < -0.4 is 16.6 Å². The van der Waals surface area contributed by atoms with Gasteiger partial charge in [0, 0.05) is 12.1 Å². The second-order valence-corrected chi connectivity index (χ2v) is 6.53. The van der Waals surface area contributed by atoms with Crippen LogP contribution in [-0.4, -0.2) is 21.3 Å². The van der Waals surface area contributed by atoms with Crippen LogP contribution in [0.4, 0.5) is 15.9 Å². The summed E-state index contributed by atoms with van der Waals surface area (Å²) in [5, 5.41) is 13.3. The molecule has 25 heavy (non-hydrogen) atoms. The van der Waals surface area contributed by atoms with Crippen molar-refractivity contribution < 1.29 is 18.9 Å². The van der Waals surface area contributed by atoms with E-state index in [0.717, 1.165) is 12.1 Å². The average molecular weight is 476 g/mol. The van der Waals surface area contributed by atoms with Crippen LogP contribution in [0.3, 0.4) is 0 Å². The summed E-state index contributed by atoms with van der Waals surface area (Å²) < 4.78 is 14.2. The lowest BCUT2D eigenvalue weighted by molar-refractivity contribution is -0.384. The number of carbonyl (C=O) groups is 2. The van der Waals surface area contributed by atoms with Crippen LogP contribution in [0, 0.1) is 15.9 Å². The second-order valence-electron chi connectivity index (χ2n) is 4.89. The number of nitrogens with zero attached hydrogens (tertiary/aromatic N) is 2. The number of nitrogens with one attached hydrogen (secondary N) is 1. The summed E-state index contributed by atoms with van der Waals surface area (Å²) in [5.41, 5.74) is 3.18. The molecule has 2 aromatic rings. The van der Waals surface area contributed by atoms with E-state index < -0.39 is 49.8 Å². The van der Waals surface area contributed by atoms with E-state index in [0.29, 0.717) is 4.57 Å². The maximum absolute atomic E-state index is 14.2. The number of carbonyl (C=O) groups excluding carboxylic acids is 2. The molecule has 1 aliphatic heterocycles. The number of halogens is 3. The topological polar surface area (TPSA) is 137 Å². The Morgan fingerprint density at radius 1 is 1.20 bits per heavy atom. The van der Waals surface area contributed by atoms with E-state index in [2.05, 4.69) is 31.9 Å². The summed E-state index contributed by atoms with van der Waals surface area (Å²) in [4.78, 5) is 46.4. The number of rotatable bonds is 2. The van der Waals surface area contributed by atoms with Crippen molar-refractivity contribution in [1.29, 1.82) is 0 Å². The molecule has 1 aromatic heterocycles. The van der Waals surface area contributed by atoms with Gasteiger partial charge in [-0.25, -0.2) is 4.39 Å². The molecular weight excluding hydrogens is 471 g/mol. The summed E-state index contributed by atoms with van der Waals surface area (Å²) in [6.45, 7) is 0. The van der Waals surface area contributed by atoms with Gasteiger partial charge in [-0.2, -0.15) is 0 Å². The van der Waals surface area contributed by atoms with Gasteiger partial charge >= 0.3 is 0 Å². The number of nitrogen functional groups attached to an aromatic ring is 1. The van der Waals surface area contributed by atoms with Crippen LogP contribution >= 0.6 is 31.9 Å². The van der Waals surface area contributed by atoms with Gasteiger partial charge in [-0.05, 0) is 31.9 Å². The third-order valence-electron chi connectivity index (χ3n) is 3.49. The van der Waals surface area contributed by atoms with Crippen LogP contribution in [0.15, 0.2) is 25.9 Å². The first-order valence-electron chi connectivity index (χ1n) is 6.38. The number of nitrogens with two attached hydrogens (primary N) is 1. The zero-order valence-electron chi connectivity index (χ0n) is 11.8. The molecule has 0 aliphatic carbocycles. The number of amides is 2. The monoisotopic (exact) mass is 474 g/mol. The summed E-state index contributed by atoms with van der Waals surface area (Å²) in [6, 6.07) is 1.67. The van der Waals surface area contributed by atoms with Crippen molar-refractivity contribution in [2.75, 3.05) is 5.73 Å². The molecule has 0 bridgehead atoms. The molecule has 0 saturated heterocycles. The highest BCUT2D eigenvalue weighted by Gasteiger charge is 2.34. The number of pyridine rings is 1. The summed E-state index contributed by atoms with van der Waals surface area (Å²) >= 11 is 5.71. The van der Waals surface area contributed by atoms with Crippen LogP contribution in [-0.2, 0) is 0 Å². The van der Waals surface area contributed by atoms with Gasteiger partial charge in [0.1, 0.15) is 11.5 Å². The average Bonchev–Trinajstić information content (AvgIpc) is 2.80. The van der Waals surface area contributed by atoms with E-state index in [9.17, 15) is 28.9 Å². The zero-order chi connectivity index (χ0) is 18.6. The number of anilines is 1. The first kappa shape index (κ1) is 17.2. The predicted molar refractivity (Wildman–Crippen MR) is 90.3 cm³/mol. The zero-order valence-corrected chi connectivity index (χ0v) is 15.0. The molecule has 12 heteroatoms. The minimum absolute atomic E-state index is 0.212. The first-order chi connectivity index (χ1) is 11.6. The van der Waals surface area contributed by atoms with Crippen molar-refractivity contribution in [3.63, 3.8) is 0 Å². The van der Waals surface area contributed by atoms with E-state index >= 15 is 0 Å². The third-order valence-corrected chi connectivity index (χ3v) is 4.79. The molecule has 0 saturated carbocycles. The lowest BCUT2D eigenvalue weighted by Crippen LogP contribution is -2.25. The summed E-state index contributed by atoms with van der Waals surface area (Å²) in [5.74, 6) is -3.10. The maximum atomic E-state index is 14.2. The highest BCUT2D eigenvalue weighted by atomic mass is 79.9. The van der Waals surface area contributed by atoms with Crippen molar-refractivity contribution in [3.8, 4) is 5.69 Å². The first-order valence-corrected chi connectivity index (χ1v) is 7.97. The van der Waals surface area contributed by atoms with E-state index in [1.54, 1.807) is 0 Å². The second kappa shape index (κ2) is 5.74. The Bertz CT molecular complexity index is 1070. The molecular formula is C13H5Br2FN4O5. The van der Waals surface area contributed by atoms with Crippen molar-refractivity contribution in [2.45, 2.75) is 0 Å². The molecule has 2 heterocycles. The van der Waals surface area contributed by atoms with Crippen molar-refractivity contribution in [1.82, 2.24) is 9.88 Å². The van der Waals surface area contributed by atoms with Gasteiger partial charge in [0.25, 0.3) is 23.1 Å². The lowest BCUT2D eigenvalue weighted by atomic mass is 10.1. The number of hydrogen-bond donors (Lipinski definition) is 2. The molecule has 0 radical (unpaired) electrons. The normalized spacial score (nSPS) is 12.9. The fourth-order valence-corrected chi connectivity index (χ4v) is 3.71. The van der Waals surface area contributed by atoms with Crippen LogP contribution in [0.25, 0.3) is 5.69 Å². The minimum Gasteiger partial charge on any atom is -0.384 e. The fourth-order valence-electron chi connectivity index (χ4n) is 2.43. The molecule has 3 rings (SSSR count). The molecule has 1 aliphatic rings. The molecule has 0 spiro atoms. The number of fused-ring (bicyclic) bond motifs is 1. The van der Waals surface area contributed by atoms with Crippen molar-refractivity contribution in [2.24, 2.45) is 0 Å². The number of hydrogen-bond acceptors (Lipinski definition) is 6. The highest BCUT2D eigenvalue weighted by Crippen LogP contribution is 2.38. The van der Waals surface area contributed by atoms with Gasteiger partial charge in [0.15, 0.2) is 5.82 Å². The number of imide groups is 1. The molecule has 2 amide bonds. The molecule has 9 nitrogen and oxygen atoms in total. The van der Waals surface area contributed by atoms with Gasteiger partial charge in [0.05, 0.1) is 25.0 Å². The van der Waals surface area contributed by atoms with E-state index in [1.165, 1.54) is 0 Å². The molecule has 0 unspecified atom stereocenters. The Morgan fingerprint density at radius 2 is 1.84 bits per heavy atom. The minimum atomic E-state index is -0.938. The Morgan fingerprint density at radius 3 is 2.44 bits per heavy atom. The van der Waals surface area contributed by atoms with Crippen LogP contribution in [0.2, 0.25) is 0 Å². The molecule has 128 valence electrons. The Labute approximate surface area is 154 Å². The predicted octanol–water partition coefficient (Wildman–Crippen LogP) is 1.88. The standard InChI is InChI=1S/C13H5Br2FN4O5/c14-4-2-5(20(24)25)10(8(15)9(4)16)19-6(21)1-3-7(11(19)17)13(23)18-12(3)22/h1-2H,17H2,(H,18,22,23). The molecule has 1 aromatic carbocycles. The third kappa shape index (κ3) is 2.44. The lowest BCUT2D eigenvalue weighted by Gasteiger charge is -2.14. The summed E-state index contributed by atoms with van der Waals surface area (Å²) in [6.07, 6.45) is 0. The smallest absolute Gasteiger partial charge is 0.295 e. The van der Waals surface area contributed by atoms with E-state index in [4.69, 9.17) is 5.73 Å². The SMILES string of the molecule is Nc1c2c(cc(=O)n1-c1c([N+](=O)[O-])cc(Br)c(F)c1Br)C(=O)NC2=O. The van der Waals surface area contributed by atoms with Gasteiger partial charge in [-0.3, -0.25) is 34.4 Å². The van der Waals surface area contributed by atoms with E-state index in [-0.39, 0.29) is 15.6 Å². The summed E-state index contributed by atoms with van der Waals surface area (Å²) in [7, 11) is 0. The molecule has 3 N–H and O–H groups in total. The van der Waals surface area contributed by atoms with Gasteiger partial charge < -0.3 is 5.73 Å². The number of nitro benzene ring substituents is 1. The van der Waals surface area contributed by atoms with Crippen LogP contribution in [0.1, 0.15) is 20.7 Å². The van der Waals surface area contributed by atoms with Crippen LogP contribution in [0.5, 0.6) is 0 Å². The van der Waals surface area contributed by atoms with Gasteiger partial charge in [-0.1, -0.05) is 0 Å². The molecule has 0 fully saturated rings. The number of nitro groups is 1. The Kier molecular flexibility index (Phi) is 3.95. The fraction of sp³-hybridized carbons (Fsp3) is 0. The van der Waals surface area contributed by atoms with Crippen molar-refractivity contribution in [3.05, 3.63) is 58.5 Å². The van der Waals surface area contributed by atoms with Gasteiger partial charge in [-0.15, -0.1) is 0 Å². The Balaban J connectivity index is 2.48. The quantitative estimate of drug-likeness (QED) is 0.294. The van der Waals surface area contributed by atoms with Crippen molar-refractivity contribution >= 4 is 55.2 Å². The Hall–Kier alpha value is -2.60. The number of benzene rings is 1. The molecule has 0 atom stereocenters. The highest BCUT2D eigenvalue weighted by molar-refractivity contribution is 9.11. The van der Waals surface area contributed by atoms with E-state index in [1.807, 2.05) is 5.32 Å². The largest absolute Gasteiger partial charge is 0.384 e. The maximum Gasteiger partial charge on any atom is 0.295 e. The van der Waals surface area contributed by atoms with Gasteiger partial charge in [0.2, 0.25) is 0 Å².